The Morgan fingerprint density at radius 3 is 3.17 bits per heavy atom. The first-order chi connectivity index (χ1) is 5.66. The minimum absolute atomic E-state index is 0.305. The Kier molecular flexibility index (Phi) is 1.65. The van der Waals surface area contributed by atoms with Gasteiger partial charge in [-0.05, 0) is 6.07 Å². The van der Waals surface area contributed by atoms with Crippen LogP contribution >= 0.6 is 11.8 Å². The molecule has 12 heavy (non-hydrogen) atoms. The maximum atomic E-state index is 10.5. The van der Waals surface area contributed by atoms with Gasteiger partial charge in [0.15, 0.2) is 0 Å². The number of aromatic amines is 1. The molecule has 4 heteroatoms. The molecule has 1 unspecified atom stereocenters. The number of H-pyrrole nitrogens is 1. The highest BCUT2D eigenvalue weighted by atomic mass is 32.2. The Balaban J connectivity index is 2.34. The highest BCUT2D eigenvalue weighted by Crippen LogP contribution is 2.36. The van der Waals surface area contributed by atoms with Crippen molar-refractivity contribution in [3.63, 3.8) is 0 Å². The average molecular weight is 183 g/mol. The maximum absolute atomic E-state index is 10.5. The van der Waals surface area contributed by atoms with Crippen LogP contribution in [-0.2, 0) is 6.42 Å². The molecule has 0 aromatic carbocycles. The summed E-state index contributed by atoms with van der Waals surface area (Å²) < 4.78 is 0. The van der Waals surface area contributed by atoms with Crippen molar-refractivity contribution in [2.45, 2.75) is 23.5 Å². The molecule has 0 fully saturated rings. The first-order valence-corrected chi connectivity index (χ1v) is 4.66. The molecule has 1 aromatic heterocycles. The van der Waals surface area contributed by atoms with Crippen molar-refractivity contribution >= 4 is 17.7 Å². The molecule has 2 rings (SSSR count). The van der Waals surface area contributed by atoms with Gasteiger partial charge in [0.2, 0.25) is 0 Å². The van der Waals surface area contributed by atoms with Gasteiger partial charge in [-0.15, -0.1) is 11.8 Å². The molecule has 1 aromatic rings. The molecule has 0 aliphatic carbocycles. The number of aromatic nitrogens is 1. The van der Waals surface area contributed by atoms with E-state index >= 15 is 0 Å². The van der Waals surface area contributed by atoms with Crippen molar-refractivity contribution in [3.8, 4) is 0 Å². The predicted octanol–water partition coefficient (Wildman–Crippen LogP) is 1.75. The minimum atomic E-state index is -0.877. The Morgan fingerprint density at radius 1 is 1.83 bits per heavy atom. The molecular formula is C8H9NO2S. The first kappa shape index (κ1) is 7.73. The summed E-state index contributed by atoms with van der Waals surface area (Å²) in [6.45, 7) is 2.14. The zero-order valence-electron chi connectivity index (χ0n) is 6.63. The van der Waals surface area contributed by atoms with E-state index in [1.165, 1.54) is 0 Å². The largest absolute Gasteiger partial charge is 0.477 e. The monoisotopic (exact) mass is 183 g/mol. The SMILES string of the molecule is CC1Cc2[nH]c(C(=O)O)cc2S1. The van der Waals surface area contributed by atoms with Gasteiger partial charge in [0.05, 0.1) is 0 Å². The number of nitrogens with one attached hydrogen (secondary N) is 1. The Morgan fingerprint density at radius 2 is 2.58 bits per heavy atom. The second-order valence-electron chi connectivity index (χ2n) is 2.96. The lowest BCUT2D eigenvalue weighted by atomic mass is 10.3. The third kappa shape index (κ3) is 1.12. The molecule has 3 nitrogen and oxygen atoms in total. The van der Waals surface area contributed by atoms with E-state index in [0.29, 0.717) is 10.9 Å². The van der Waals surface area contributed by atoms with Crippen molar-refractivity contribution in [2.75, 3.05) is 0 Å². The van der Waals surface area contributed by atoms with Gasteiger partial charge in [-0.2, -0.15) is 0 Å². The summed E-state index contributed by atoms with van der Waals surface area (Å²) in [6, 6.07) is 1.71. The lowest BCUT2D eigenvalue weighted by Crippen LogP contribution is -1.99. The van der Waals surface area contributed by atoms with Gasteiger partial charge < -0.3 is 10.1 Å². The zero-order valence-corrected chi connectivity index (χ0v) is 7.44. The second-order valence-corrected chi connectivity index (χ2v) is 4.44. The number of carbonyl (C=O) groups is 1. The van der Waals surface area contributed by atoms with Gasteiger partial charge in [-0.25, -0.2) is 4.79 Å². The molecule has 0 saturated carbocycles. The highest BCUT2D eigenvalue weighted by Gasteiger charge is 2.22. The van der Waals surface area contributed by atoms with E-state index < -0.39 is 5.97 Å². The number of hydrogen-bond donors (Lipinski definition) is 2. The Labute approximate surface area is 74.2 Å². The van der Waals surface area contributed by atoms with Crippen molar-refractivity contribution in [1.29, 1.82) is 0 Å². The minimum Gasteiger partial charge on any atom is -0.477 e. The van der Waals surface area contributed by atoms with E-state index in [4.69, 9.17) is 5.11 Å². The van der Waals surface area contributed by atoms with Crippen LogP contribution in [0.2, 0.25) is 0 Å². The predicted molar refractivity (Wildman–Crippen MR) is 46.8 cm³/mol. The van der Waals surface area contributed by atoms with Crippen molar-refractivity contribution in [2.24, 2.45) is 0 Å². The summed E-state index contributed by atoms with van der Waals surface area (Å²) in [5.41, 5.74) is 1.38. The molecule has 2 heterocycles. The van der Waals surface area contributed by atoms with Crippen molar-refractivity contribution in [1.82, 2.24) is 4.98 Å². The second kappa shape index (κ2) is 2.55. The van der Waals surface area contributed by atoms with Gasteiger partial charge in [-0.3, -0.25) is 0 Å². The average Bonchev–Trinajstić information content (AvgIpc) is 2.42. The van der Waals surface area contributed by atoms with Gasteiger partial charge >= 0.3 is 5.97 Å². The van der Waals surface area contributed by atoms with Crippen LogP contribution in [0, 0.1) is 0 Å². The fourth-order valence-electron chi connectivity index (χ4n) is 1.40. The third-order valence-corrected chi connectivity index (χ3v) is 3.10. The molecule has 2 N–H and O–H groups in total. The van der Waals surface area contributed by atoms with Gasteiger partial charge in [-0.1, -0.05) is 6.92 Å². The summed E-state index contributed by atoms with van der Waals surface area (Å²) in [7, 11) is 0. The molecule has 0 spiro atoms. The van der Waals surface area contributed by atoms with Crippen LogP contribution in [0.5, 0.6) is 0 Å². The van der Waals surface area contributed by atoms with Crippen molar-refractivity contribution in [3.05, 3.63) is 17.5 Å². The molecule has 0 amide bonds. The fourth-order valence-corrected chi connectivity index (χ4v) is 2.54. The fraction of sp³-hybridized carbons (Fsp3) is 0.375. The van der Waals surface area contributed by atoms with Crippen molar-refractivity contribution < 1.29 is 9.90 Å². The standard InChI is InChI=1S/C8H9NO2S/c1-4-2-5-7(12-4)3-6(9-5)8(10)11/h3-4,9H,2H2,1H3,(H,10,11). The first-order valence-electron chi connectivity index (χ1n) is 3.78. The molecule has 1 atom stereocenters. The number of aromatic carboxylic acids is 1. The van der Waals surface area contributed by atoms with E-state index in [1.807, 2.05) is 0 Å². The number of fused-ring (bicyclic) bond motifs is 1. The van der Waals surface area contributed by atoms with E-state index in [9.17, 15) is 4.79 Å². The molecule has 1 aliphatic rings. The topological polar surface area (TPSA) is 53.1 Å². The smallest absolute Gasteiger partial charge is 0.352 e. The normalized spacial score (nSPS) is 20.9. The number of carboxylic acids is 1. The molecule has 1 aliphatic heterocycles. The van der Waals surface area contributed by atoms with Crippen LogP contribution in [0.25, 0.3) is 0 Å². The van der Waals surface area contributed by atoms with E-state index in [-0.39, 0.29) is 0 Å². The summed E-state index contributed by atoms with van der Waals surface area (Å²) in [5, 5.41) is 9.25. The Bertz CT molecular complexity index is 308. The summed E-state index contributed by atoms with van der Waals surface area (Å²) >= 11 is 1.73. The number of rotatable bonds is 1. The lowest BCUT2D eigenvalue weighted by molar-refractivity contribution is 0.0691. The molecule has 0 saturated heterocycles. The van der Waals surface area contributed by atoms with E-state index in [2.05, 4.69) is 11.9 Å². The Hall–Kier alpha value is -0.900. The molecule has 0 bridgehead atoms. The zero-order chi connectivity index (χ0) is 8.72. The van der Waals surface area contributed by atoms with E-state index in [1.54, 1.807) is 17.8 Å². The van der Waals surface area contributed by atoms with Crippen LogP contribution in [0.1, 0.15) is 23.1 Å². The van der Waals surface area contributed by atoms with Gasteiger partial charge in [0.1, 0.15) is 5.69 Å². The lowest BCUT2D eigenvalue weighted by Gasteiger charge is -1.96. The summed E-state index contributed by atoms with van der Waals surface area (Å²) in [5.74, 6) is -0.877. The summed E-state index contributed by atoms with van der Waals surface area (Å²) in [6.07, 6.45) is 0.952. The number of carboxylic acid groups (broad SMARTS) is 1. The maximum Gasteiger partial charge on any atom is 0.352 e. The van der Waals surface area contributed by atoms with Crippen LogP contribution in [-0.4, -0.2) is 21.3 Å². The van der Waals surface area contributed by atoms with E-state index in [0.717, 1.165) is 17.0 Å². The van der Waals surface area contributed by atoms with Crippen LogP contribution in [0.15, 0.2) is 11.0 Å². The van der Waals surface area contributed by atoms with Crippen LogP contribution < -0.4 is 0 Å². The number of hydrogen-bond acceptors (Lipinski definition) is 2. The third-order valence-electron chi connectivity index (χ3n) is 1.91. The quantitative estimate of drug-likeness (QED) is 0.697. The van der Waals surface area contributed by atoms with Crippen LogP contribution in [0.4, 0.5) is 0 Å². The number of thioether (sulfide) groups is 1. The van der Waals surface area contributed by atoms with Gasteiger partial charge in [0, 0.05) is 22.3 Å². The molecule has 64 valence electrons. The van der Waals surface area contributed by atoms with Gasteiger partial charge in [0.25, 0.3) is 0 Å². The molecule has 0 radical (unpaired) electrons. The summed E-state index contributed by atoms with van der Waals surface area (Å²) in [4.78, 5) is 14.5. The van der Waals surface area contributed by atoms with Crippen LogP contribution in [0.3, 0.4) is 0 Å². The molecular weight excluding hydrogens is 174 g/mol. The highest BCUT2D eigenvalue weighted by molar-refractivity contribution is 8.00.